The Balaban J connectivity index is 1.29. The van der Waals surface area contributed by atoms with Crippen LogP contribution < -0.4 is 16.0 Å². The fourth-order valence-corrected chi connectivity index (χ4v) is 3.08. The second kappa shape index (κ2) is 8.56. The molecule has 1 atom stereocenters. The molecule has 1 aliphatic heterocycles. The topological polar surface area (TPSA) is 126 Å². The zero-order chi connectivity index (χ0) is 20.9. The Bertz CT molecular complexity index is 1080. The largest absolute Gasteiger partial charge is 0.347 e. The minimum Gasteiger partial charge on any atom is -0.347 e. The minimum atomic E-state index is -0.802. The van der Waals surface area contributed by atoms with E-state index in [1.807, 2.05) is 30.3 Å². The number of carbonyl (C=O) groups excluding carboxylic acids is 3. The molecule has 30 heavy (non-hydrogen) atoms. The molecule has 0 bridgehead atoms. The lowest BCUT2D eigenvalue weighted by Crippen LogP contribution is -2.42. The van der Waals surface area contributed by atoms with E-state index in [1.165, 1.54) is 0 Å². The molecule has 0 spiro atoms. The first-order valence-electron chi connectivity index (χ1n) is 9.45. The van der Waals surface area contributed by atoms with E-state index in [9.17, 15) is 14.4 Å². The first-order chi connectivity index (χ1) is 14.6. The summed E-state index contributed by atoms with van der Waals surface area (Å²) in [7, 11) is 0. The predicted octanol–water partition coefficient (Wildman–Crippen LogP) is 1.88. The molecular formula is C21H19N5O4. The molecule has 9 heteroatoms. The minimum absolute atomic E-state index is 0.0500. The van der Waals surface area contributed by atoms with Crippen molar-refractivity contribution in [2.24, 2.45) is 0 Å². The van der Waals surface area contributed by atoms with E-state index in [0.29, 0.717) is 17.1 Å². The second-order valence-electron chi connectivity index (χ2n) is 6.75. The molecule has 3 aromatic rings. The van der Waals surface area contributed by atoms with Gasteiger partial charge in [-0.3, -0.25) is 14.4 Å². The molecule has 0 aliphatic carbocycles. The summed E-state index contributed by atoms with van der Waals surface area (Å²) in [6, 6.07) is 15.3. The molecule has 0 saturated heterocycles. The number of para-hydroxylation sites is 1. The molecule has 2 aromatic carbocycles. The third-order valence-electron chi connectivity index (χ3n) is 4.65. The van der Waals surface area contributed by atoms with Crippen LogP contribution in [0.25, 0.3) is 11.4 Å². The Hall–Kier alpha value is -4.01. The number of amides is 3. The zero-order valence-electron chi connectivity index (χ0n) is 15.9. The fourth-order valence-electron chi connectivity index (χ4n) is 3.08. The number of carbonyl (C=O) groups is 3. The van der Waals surface area contributed by atoms with Crippen LogP contribution in [0.4, 0.5) is 5.69 Å². The van der Waals surface area contributed by atoms with Crippen LogP contribution in [0.1, 0.15) is 29.1 Å². The van der Waals surface area contributed by atoms with Crippen molar-refractivity contribution < 1.29 is 18.9 Å². The Morgan fingerprint density at radius 2 is 1.83 bits per heavy atom. The van der Waals surface area contributed by atoms with Gasteiger partial charge in [-0.15, -0.1) is 0 Å². The van der Waals surface area contributed by atoms with Crippen molar-refractivity contribution in [1.82, 2.24) is 20.8 Å². The number of fused-ring (bicyclic) bond motifs is 1. The van der Waals surface area contributed by atoms with Gasteiger partial charge in [0.1, 0.15) is 6.04 Å². The van der Waals surface area contributed by atoms with Gasteiger partial charge in [-0.25, -0.2) is 0 Å². The zero-order valence-corrected chi connectivity index (χ0v) is 15.9. The summed E-state index contributed by atoms with van der Waals surface area (Å²) >= 11 is 0. The second-order valence-corrected chi connectivity index (χ2v) is 6.75. The average Bonchev–Trinajstić information content (AvgIpc) is 3.20. The SMILES string of the molecule is O=C(CC[C@@H]1NC(=O)c2ccccc2NC1=O)NCc1nc(-c2ccccc2)no1. The van der Waals surface area contributed by atoms with E-state index in [4.69, 9.17) is 4.52 Å². The molecule has 152 valence electrons. The van der Waals surface area contributed by atoms with Crippen molar-refractivity contribution >= 4 is 23.4 Å². The number of benzene rings is 2. The Labute approximate surface area is 171 Å². The van der Waals surface area contributed by atoms with E-state index in [2.05, 4.69) is 26.1 Å². The molecule has 0 radical (unpaired) electrons. The summed E-state index contributed by atoms with van der Waals surface area (Å²) in [5.41, 5.74) is 1.66. The number of nitrogens with zero attached hydrogens (tertiary/aromatic N) is 2. The third-order valence-corrected chi connectivity index (χ3v) is 4.65. The molecule has 4 rings (SSSR count). The highest BCUT2D eigenvalue weighted by atomic mass is 16.5. The molecule has 0 fully saturated rings. The molecule has 0 saturated carbocycles. The van der Waals surface area contributed by atoms with Gasteiger partial charge in [-0.1, -0.05) is 47.6 Å². The van der Waals surface area contributed by atoms with E-state index in [0.717, 1.165) is 5.56 Å². The van der Waals surface area contributed by atoms with Crippen molar-refractivity contribution in [3.8, 4) is 11.4 Å². The lowest BCUT2D eigenvalue weighted by atomic mass is 10.1. The van der Waals surface area contributed by atoms with Gasteiger partial charge in [0.2, 0.25) is 23.5 Å². The quantitative estimate of drug-likeness (QED) is 0.575. The Morgan fingerprint density at radius 3 is 2.67 bits per heavy atom. The van der Waals surface area contributed by atoms with E-state index >= 15 is 0 Å². The third kappa shape index (κ3) is 4.35. The Kier molecular flexibility index (Phi) is 5.51. The van der Waals surface area contributed by atoms with Crippen molar-refractivity contribution in [2.45, 2.75) is 25.4 Å². The van der Waals surface area contributed by atoms with E-state index in [-0.39, 0.29) is 43.0 Å². The van der Waals surface area contributed by atoms with Gasteiger partial charge in [-0.05, 0) is 18.6 Å². The van der Waals surface area contributed by atoms with Crippen molar-refractivity contribution in [3.05, 3.63) is 66.1 Å². The smallest absolute Gasteiger partial charge is 0.254 e. The average molecular weight is 405 g/mol. The molecule has 3 N–H and O–H groups in total. The first-order valence-corrected chi connectivity index (χ1v) is 9.45. The van der Waals surface area contributed by atoms with Gasteiger partial charge in [0.25, 0.3) is 5.91 Å². The first kappa shape index (κ1) is 19.3. The highest BCUT2D eigenvalue weighted by Crippen LogP contribution is 2.19. The highest BCUT2D eigenvalue weighted by Gasteiger charge is 2.27. The highest BCUT2D eigenvalue weighted by molar-refractivity contribution is 6.09. The number of hydrogen-bond donors (Lipinski definition) is 3. The maximum absolute atomic E-state index is 12.4. The summed E-state index contributed by atoms with van der Waals surface area (Å²) in [4.78, 5) is 41.1. The van der Waals surface area contributed by atoms with Gasteiger partial charge < -0.3 is 20.5 Å². The van der Waals surface area contributed by atoms with Crippen LogP contribution in [0.5, 0.6) is 0 Å². The van der Waals surface area contributed by atoms with Gasteiger partial charge in [0, 0.05) is 12.0 Å². The molecule has 9 nitrogen and oxygen atoms in total. The fraction of sp³-hybridized carbons (Fsp3) is 0.190. The van der Waals surface area contributed by atoms with Gasteiger partial charge in [0.15, 0.2) is 0 Å². The van der Waals surface area contributed by atoms with Crippen LogP contribution in [-0.4, -0.2) is 33.9 Å². The number of aromatic nitrogens is 2. The molecule has 0 unspecified atom stereocenters. The van der Waals surface area contributed by atoms with Gasteiger partial charge >= 0.3 is 0 Å². The van der Waals surface area contributed by atoms with Crippen molar-refractivity contribution in [2.75, 3.05) is 5.32 Å². The van der Waals surface area contributed by atoms with Crippen LogP contribution in [0.2, 0.25) is 0 Å². The summed E-state index contributed by atoms with van der Waals surface area (Å²) in [6.07, 6.45) is 0.213. The molecule has 3 amide bonds. The maximum atomic E-state index is 12.4. The number of nitrogens with one attached hydrogen (secondary N) is 3. The molecule has 2 heterocycles. The normalized spacial score (nSPS) is 15.5. The lowest BCUT2D eigenvalue weighted by molar-refractivity contribution is -0.122. The summed E-state index contributed by atoms with van der Waals surface area (Å²) in [5, 5.41) is 12.0. The van der Waals surface area contributed by atoms with Crippen LogP contribution in [0.15, 0.2) is 59.1 Å². The van der Waals surface area contributed by atoms with Crippen LogP contribution in [0, 0.1) is 0 Å². The molecule has 1 aliphatic rings. The lowest BCUT2D eigenvalue weighted by Gasteiger charge is -2.14. The van der Waals surface area contributed by atoms with E-state index in [1.54, 1.807) is 24.3 Å². The van der Waals surface area contributed by atoms with Gasteiger partial charge in [-0.2, -0.15) is 4.98 Å². The summed E-state index contributed by atoms with van der Waals surface area (Å²) < 4.78 is 5.15. The molecule has 1 aromatic heterocycles. The number of anilines is 1. The summed E-state index contributed by atoms with van der Waals surface area (Å²) in [5.74, 6) is -0.284. The van der Waals surface area contributed by atoms with Crippen molar-refractivity contribution in [1.29, 1.82) is 0 Å². The monoisotopic (exact) mass is 405 g/mol. The molecular weight excluding hydrogens is 386 g/mol. The van der Waals surface area contributed by atoms with Crippen LogP contribution >= 0.6 is 0 Å². The van der Waals surface area contributed by atoms with Crippen LogP contribution in [0.3, 0.4) is 0 Å². The maximum Gasteiger partial charge on any atom is 0.254 e. The van der Waals surface area contributed by atoms with Gasteiger partial charge in [0.05, 0.1) is 17.8 Å². The Morgan fingerprint density at radius 1 is 1.07 bits per heavy atom. The number of rotatable bonds is 6. The number of hydrogen-bond acceptors (Lipinski definition) is 6. The van der Waals surface area contributed by atoms with Crippen LogP contribution in [-0.2, 0) is 16.1 Å². The predicted molar refractivity (Wildman–Crippen MR) is 107 cm³/mol. The summed E-state index contributed by atoms with van der Waals surface area (Å²) in [6.45, 7) is 0.0767. The van der Waals surface area contributed by atoms with E-state index < -0.39 is 6.04 Å². The standard InChI is InChI=1S/C21H19N5O4/c27-17(22-12-18-25-19(26-30-18)13-6-2-1-3-7-13)11-10-16-21(29)23-15-9-5-4-8-14(15)20(28)24-16/h1-9,16H,10-12H2,(H,22,27)(H,23,29)(H,24,28)/t16-/m0/s1. The van der Waals surface area contributed by atoms with Crippen molar-refractivity contribution in [3.63, 3.8) is 0 Å².